The summed E-state index contributed by atoms with van der Waals surface area (Å²) in [6.07, 6.45) is 0.433. The summed E-state index contributed by atoms with van der Waals surface area (Å²) in [5.41, 5.74) is 2.13. The summed E-state index contributed by atoms with van der Waals surface area (Å²) in [5, 5.41) is 4.00. The van der Waals surface area contributed by atoms with Crippen molar-refractivity contribution in [3.8, 4) is 28.6 Å². The molecule has 0 saturated carbocycles. The van der Waals surface area contributed by atoms with Crippen molar-refractivity contribution >= 4 is 5.97 Å². The summed E-state index contributed by atoms with van der Waals surface area (Å²) in [7, 11) is 0. The molecule has 0 spiro atoms. The fraction of sp³-hybridized carbons (Fsp3) is 0.318. The Labute approximate surface area is 168 Å². The number of aryl methyl sites for hydroxylation is 1. The van der Waals surface area contributed by atoms with Gasteiger partial charge in [-0.25, -0.2) is 0 Å². The summed E-state index contributed by atoms with van der Waals surface area (Å²) < 4.78 is 21.6. The van der Waals surface area contributed by atoms with Gasteiger partial charge in [-0.15, -0.1) is 0 Å². The van der Waals surface area contributed by atoms with Crippen LogP contribution in [0.3, 0.4) is 0 Å². The number of carbonyl (C=O) groups is 1. The molecule has 3 aromatic rings. The Bertz CT molecular complexity index is 995. The monoisotopic (exact) mass is 394 g/mol. The predicted molar refractivity (Wildman–Crippen MR) is 105 cm³/mol. The zero-order chi connectivity index (χ0) is 20.2. The molecule has 0 amide bonds. The van der Waals surface area contributed by atoms with Crippen molar-refractivity contribution in [2.75, 3.05) is 13.2 Å². The number of rotatable bonds is 6. The van der Waals surface area contributed by atoms with Gasteiger partial charge in [-0.3, -0.25) is 4.79 Å². The van der Waals surface area contributed by atoms with Crippen LogP contribution in [-0.2, 0) is 11.2 Å². The second-order valence-corrected chi connectivity index (χ2v) is 7.07. The number of hydrogen-bond donors (Lipinski definition) is 0. The first-order valence-corrected chi connectivity index (χ1v) is 9.62. The molecule has 150 valence electrons. The van der Waals surface area contributed by atoms with Gasteiger partial charge in [0.15, 0.2) is 11.5 Å². The predicted octanol–water partition coefficient (Wildman–Crippen LogP) is 4.17. The number of carbonyl (C=O) groups excluding carboxylic acids is 1. The quantitative estimate of drug-likeness (QED) is 0.458. The fourth-order valence-corrected chi connectivity index (χ4v) is 2.97. The molecule has 0 radical (unpaired) electrons. The second kappa shape index (κ2) is 8.34. The maximum absolute atomic E-state index is 12.1. The van der Waals surface area contributed by atoms with Gasteiger partial charge in [0.1, 0.15) is 19.0 Å². The topological polar surface area (TPSA) is 83.7 Å². The first-order chi connectivity index (χ1) is 14.1. The van der Waals surface area contributed by atoms with Gasteiger partial charge in [0, 0.05) is 18.1 Å². The molecule has 7 nitrogen and oxygen atoms in total. The SMILES string of the molecule is CC(C)c1ccc(-c2noc(CCC(=O)Oc3ccc4c(c3)OCCO4)n2)cc1. The average molecular weight is 394 g/mol. The molecule has 0 fully saturated rings. The van der Waals surface area contributed by atoms with E-state index in [2.05, 4.69) is 36.1 Å². The van der Waals surface area contributed by atoms with Crippen LogP contribution in [0.2, 0.25) is 0 Å². The van der Waals surface area contributed by atoms with Gasteiger partial charge in [0.25, 0.3) is 0 Å². The van der Waals surface area contributed by atoms with Gasteiger partial charge in [0.2, 0.25) is 11.7 Å². The van der Waals surface area contributed by atoms with Crippen molar-refractivity contribution in [2.24, 2.45) is 0 Å². The first kappa shape index (κ1) is 19.0. The zero-order valence-electron chi connectivity index (χ0n) is 16.4. The minimum Gasteiger partial charge on any atom is -0.486 e. The van der Waals surface area contributed by atoms with E-state index in [0.29, 0.717) is 54.5 Å². The summed E-state index contributed by atoms with van der Waals surface area (Å²) in [6, 6.07) is 13.1. The number of fused-ring (bicyclic) bond motifs is 1. The van der Waals surface area contributed by atoms with Gasteiger partial charge in [-0.1, -0.05) is 43.3 Å². The van der Waals surface area contributed by atoms with Crippen LogP contribution in [0.25, 0.3) is 11.4 Å². The van der Waals surface area contributed by atoms with Gasteiger partial charge in [-0.2, -0.15) is 4.98 Å². The lowest BCUT2D eigenvalue weighted by Crippen LogP contribution is -2.15. The third-order valence-electron chi connectivity index (χ3n) is 4.59. The van der Waals surface area contributed by atoms with Crippen LogP contribution in [0.1, 0.15) is 37.6 Å². The summed E-state index contributed by atoms with van der Waals surface area (Å²) in [5.74, 6) is 2.62. The van der Waals surface area contributed by atoms with E-state index < -0.39 is 0 Å². The first-order valence-electron chi connectivity index (χ1n) is 9.62. The molecule has 1 aromatic heterocycles. The lowest BCUT2D eigenvalue weighted by Gasteiger charge is -2.18. The lowest BCUT2D eigenvalue weighted by molar-refractivity contribution is -0.134. The minimum absolute atomic E-state index is 0.127. The van der Waals surface area contributed by atoms with Crippen LogP contribution < -0.4 is 14.2 Å². The molecule has 7 heteroatoms. The molecule has 0 saturated heterocycles. The Balaban J connectivity index is 1.33. The maximum Gasteiger partial charge on any atom is 0.311 e. The fourth-order valence-electron chi connectivity index (χ4n) is 2.97. The number of aromatic nitrogens is 2. The smallest absolute Gasteiger partial charge is 0.311 e. The molecule has 0 N–H and O–H groups in total. The van der Waals surface area contributed by atoms with E-state index in [1.54, 1.807) is 18.2 Å². The molecule has 0 aliphatic carbocycles. The maximum atomic E-state index is 12.1. The minimum atomic E-state index is -0.386. The van der Waals surface area contributed by atoms with E-state index in [1.807, 2.05) is 12.1 Å². The molecule has 2 heterocycles. The van der Waals surface area contributed by atoms with Gasteiger partial charge >= 0.3 is 5.97 Å². The molecule has 29 heavy (non-hydrogen) atoms. The molecule has 0 bridgehead atoms. The Morgan fingerprint density at radius 1 is 1.07 bits per heavy atom. The molecule has 4 rings (SSSR count). The van der Waals surface area contributed by atoms with Crippen LogP contribution in [0.5, 0.6) is 17.2 Å². The van der Waals surface area contributed by atoms with E-state index in [1.165, 1.54) is 5.56 Å². The lowest BCUT2D eigenvalue weighted by atomic mass is 10.0. The molecule has 1 aliphatic rings. The molecular weight excluding hydrogens is 372 g/mol. The Kier molecular flexibility index (Phi) is 5.46. The van der Waals surface area contributed by atoms with Crippen molar-refractivity contribution in [1.29, 1.82) is 0 Å². The zero-order valence-corrected chi connectivity index (χ0v) is 16.4. The van der Waals surface area contributed by atoms with Crippen molar-refractivity contribution in [3.05, 3.63) is 53.9 Å². The largest absolute Gasteiger partial charge is 0.486 e. The molecular formula is C22H22N2O5. The highest BCUT2D eigenvalue weighted by molar-refractivity contribution is 5.73. The van der Waals surface area contributed by atoms with Crippen molar-refractivity contribution in [1.82, 2.24) is 10.1 Å². The van der Waals surface area contributed by atoms with Crippen LogP contribution in [0, 0.1) is 0 Å². The van der Waals surface area contributed by atoms with Gasteiger partial charge < -0.3 is 18.7 Å². The van der Waals surface area contributed by atoms with E-state index in [4.69, 9.17) is 18.7 Å². The number of esters is 1. The average Bonchev–Trinajstić information content (AvgIpc) is 3.21. The summed E-state index contributed by atoms with van der Waals surface area (Å²) in [4.78, 5) is 16.5. The Morgan fingerprint density at radius 3 is 2.59 bits per heavy atom. The van der Waals surface area contributed by atoms with Crippen LogP contribution >= 0.6 is 0 Å². The normalized spacial score (nSPS) is 12.8. The summed E-state index contributed by atoms with van der Waals surface area (Å²) >= 11 is 0. The van der Waals surface area contributed by atoms with E-state index >= 15 is 0 Å². The molecule has 0 unspecified atom stereocenters. The van der Waals surface area contributed by atoms with E-state index in [0.717, 1.165) is 5.56 Å². The van der Waals surface area contributed by atoms with E-state index in [9.17, 15) is 4.79 Å². The standard InChI is InChI=1S/C22H22N2O5/c1-14(2)15-3-5-16(6-4-15)22-23-20(29-24-22)9-10-21(25)28-17-7-8-18-19(13-17)27-12-11-26-18/h3-8,13-14H,9-12H2,1-2H3. The third-order valence-corrected chi connectivity index (χ3v) is 4.59. The highest BCUT2D eigenvalue weighted by Gasteiger charge is 2.15. The van der Waals surface area contributed by atoms with Crippen LogP contribution in [0.15, 0.2) is 47.0 Å². The highest BCUT2D eigenvalue weighted by atomic mass is 16.6. The molecule has 0 atom stereocenters. The molecule has 1 aliphatic heterocycles. The Hall–Kier alpha value is -3.35. The van der Waals surface area contributed by atoms with Crippen LogP contribution in [-0.4, -0.2) is 29.3 Å². The summed E-state index contributed by atoms with van der Waals surface area (Å²) in [6.45, 7) is 5.28. The second-order valence-electron chi connectivity index (χ2n) is 7.07. The number of nitrogens with zero attached hydrogens (tertiary/aromatic N) is 2. The highest BCUT2D eigenvalue weighted by Crippen LogP contribution is 2.33. The Morgan fingerprint density at radius 2 is 1.83 bits per heavy atom. The van der Waals surface area contributed by atoms with Gasteiger partial charge in [0.05, 0.1) is 6.42 Å². The van der Waals surface area contributed by atoms with Crippen LogP contribution in [0.4, 0.5) is 0 Å². The third kappa shape index (κ3) is 4.56. The van der Waals surface area contributed by atoms with Crippen molar-refractivity contribution < 1.29 is 23.5 Å². The van der Waals surface area contributed by atoms with Crippen molar-refractivity contribution in [3.63, 3.8) is 0 Å². The number of hydrogen-bond acceptors (Lipinski definition) is 7. The van der Waals surface area contributed by atoms with Crippen molar-refractivity contribution in [2.45, 2.75) is 32.6 Å². The number of ether oxygens (including phenoxy) is 3. The van der Waals surface area contributed by atoms with E-state index in [-0.39, 0.29) is 12.4 Å². The number of benzene rings is 2. The van der Waals surface area contributed by atoms with Gasteiger partial charge in [-0.05, 0) is 23.6 Å². The molecule has 2 aromatic carbocycles.